The maximum atomic E-state index is 4.19. The lowest BCUT2D eigenvalue weighted by Gasteiger charge is -2.17. The van der Waals surface area contributed by atoms with Crippen molar-refractivity contribution >= 4 is 11.8 Å². The lowest BCUT2D eigenvalue weighted by Crippen LogP contribution is -2.21. The van der Waals surface area contributed by atoms with Gasteiger partial charge in [-0.1, -0.05) is 37.7 Å². The van der Waals surface area contributed by atoms with Gasteiger partial charge in [0.15, 0.2) is 0 Å². The molecule has 0 radical (unpaired) electrons. The van der Waals surface area contributed by atoms with Gasteiger partial charge in [-0.25, -0.2) is 0 Å². The average molecular weight is 289 g/mol. The van der Waals surface area contributed by atoms with Gasteiger partial charge >= 0.3 is 0 Å². The van der Waals surface area contributed by atoms with Crippen molar-refractivity contribution < 1.29 is 0 Å². The number of aryl methyl sites for hydroxylation is 1. The largest absolute Gasteiger partial charge is 0.310 e. The van der Waals surface area contributed by atoms with Crippen molar-refractivity contribution in [1.29, 1.82) is 0 Å². The van der Waals surface area contributed by atoms with E-state index in [2.05, 4.69) is 48.5 Å². The molecule has 1 atom stereocenters. The molecule has 0 aliphatic heterocycles. The second-order valence-corrected chi connectivity index (χ2v) is 6.08. The van der Waals surface area contributed by atoms with Gasteiger partial charge in [-0.05, 0) is 37.1 Å². The molecule has 0 fully saturated rings. The van der Waals surface area contributed by atoms with E-state index in [-0.39, 0.29) is 0 Å². The van der Waals surface area contributed by atoms with Gasteiger partial charge in [-0.3, -0.25) is 4.68 Å². The van der Waals surface area contributed by atoms with E-state index in [1.165, 1.54) is 21.8 Å². The van der Waals surface area contributed by atoms with Crippen molar-refractivity contribution in [2.75, 3.05) is 6.54 Å². The minimum Gasteiger partial charge on any atom is -0.310 e. The molecule has 108 valence electrons. The van der Waals surface area contributed by atoms with Gasteiger partial charge in [0.2, 0.25) is 0 Å². The third-order valence-corrected chi connectivity index (χ3v) is 4.20. The Balaban J connectivity index is 2.01. The summed E-state index contributed by atoms with van der Waals surface area (Å²) in [6.45, 7) is 5.50. The lowest BCUT2D eigenvalue weighted by atomic mass is 10.0. The van der Waals surface area contributed by atoms with Crippen LogP contribution in [0.4, 0.5) is 0 Å². The minimum atomic E-state index is 0.465. The van der Waals surface area contributed by atoms with Crippen LogP contribution in [0.15, 0.2) is 46.5 Å². The first kappa shape index (κ1) is 15.1. The van der Waals surface area contributed by atoms with Crippen LogP contribution in [0.3, 0.4) is 0 Å². The molecule has 2 rings (SSSR count). The van der Waals surface area contributed by atoms with E-state index in [1.54, 1.807) is 11.8 Å². The van der Waals surface area contributed by atoms with Crippen LogP contribution in [0.2, 0.25) is 0 Å². The molecule has 0 spiro atoms. The summed E-state index contributed by atoms with van der Waals surface area (Å²) in [7, 11) is 1.94. The third kappa shape index (κ3) is 4.12. The van der Waals surface area contributed by atoms with Gasteiger partial charge < -0.3 is 5.32 Å². The van der Waals surface area contributed by atoms with Crippen molar-refractivity contribution in [1.82, 2.24) is 15.1 Å². The van der Waals surface area contributed by atoms with Crippen molar-refractivity contribution in [3.05, 3.63) is 42.2 Å². The molecule has 1 aromatic heterocycles. The smallest absolute Gasteiger partial charge is 0.0629 e. The van der Waals surface area contributed by atoms with Gasteiger partial charge in [-0.15, -0.1) is 0 Å². The summed E-state index contributed by atoms with van der Waals surface area (Å²) < 4.78 is 1.83. The standard InChI is InChI=1S/C16H23N3S/c1-4-10-17-16(5-2)13-6-8-14(9-7-13)20-15-11-18-19(3)12-15/h6-9,11-12,16-17H,4-5,10H2,1-3H3. The van der Waals surface area contributed by atoms with Gasteiger partial charge in [0.05, 0.1) is 11.1 Å². The molecule has 0 saturated carbocycles. The summed E-state index contributed by atoms with van der Waals surface area (Å²) in [5.41, 5.74) is 1.37. The van der Waals surface area contributed by atoms with E-state index < -0.39 is 0 Å². The zero-order valence-electron chi connectivity index (χ0n) is 12.5. The van der Waals surface area contributed by atoms with E-state index in [0.29, 0.717) is 6.04 Å². The van der Waals surface area contributed by atoms with E-state index >= 15 is 0 Å². The van der Waals surface area contributed by atoms with Crippen molar-refractivity contribution in [2.24, 2.45) is 7.05 Å². The molecule has 20 heavy (non-hydrogen) atoms. The summed E-state index contributed by atoms with van der Waals surface area (Å²) in [4.78, 5) is 2.43. The quantitative estimate of drug-likeness (QED) is 0.835. The first-order chi connectivity index (χ1) is 9.72. The summed E-state index contributed by atoms with van der Waals surface area (Å²) in [6.07, 6.45) is 6.23. The van der Waals surface area contributed by atoms with E-state index in [1.807, 2.05) is 24.1 Å². The monoisotopic (exact) mass is 289 g/mol. The Morgan fingerprint density at radius 2 is 1.95 bits per heavy atom. The first-order valence-electron chi connectivity index (χ1n) is 7.22. The summed E-state index contributed by atoms with van der Waals surface area (Å²) in [5.74, 6) is 0. The van der Waals surface area contributed by atoms with Crippen LogP contribution in [0.25, 0.3) is 0 Å². The predicted molar refractivity (Wildman–Crippen MR) is 85.1 cm³/mol. The van der Waals surface area contributed by atoms with Gasteiger partial charge in [-0.2, -0.15) is 5.10 Å². The molecular weight excluding hydrogens is 266 g/mol. The molecule has 2 aromatic rings. The Morgan fingerprint density at radius 3 is 2.50 bits per heavy atom. The second kappa shape index (κ2) is 7.50. The molecule has 0 aliphatic carbocycles. The topological polar surface area (TPSA) is 29.9 Å². The average Bonchev–Trinajstić information content (AvgIpc) is 2.86. The Bertz CT molecular complexity index is 519. The molecule has 0 amide bonds. The number of aromatic nitrogens is 2. The van der Waals surface area contributed by atoms with Crippen LogP contribution in [-0.4, -0.2) is 16.3 Å². The normalized spacial score (nSPS) is 12.6. The molecule has 4 heteroatoms. The SMILES string of the molecule is CCCNC(CC)c1ccc(Sc2cnn(C)c2)cc1. The Hall–Kier alpha value is -1.26. The first-order valence-corrected chi connectivity index (χ1v) is 8.04. The van der Waals surface area contributed by atoms with E-state index in [9.17, 15) is 0 Å². The molecule has 1 N–H and O–H groups in total. The summed E-state index contributed by atoms with van der Waals surface area (Å²) >= 11 is 1.75. The molecule has 1 unspecified atom stereocenters. The molecular formula is C16H23N3S. The molecule has 0 saturated heterocycles. The fraction of sp³-hybridized carbons (Fsp3) is 0.438. The third-order valence-electron chi connectivity index (χ3n) is 3.25. The molecule has 0 aliphatic rings. The Morgan fingerprint density at radius 1 is 1.20 bits per heavy atom. The fourth-order valence-electron chi connectivity index (χ4n) is 2.17. The highest BCUT2D eigenvalue weighted by Gasteiger charge is 2.08. The predicted octanol–water partition coefficient (Wildman–Crippen LogP) is 4.02. The van der Waals surface area contributed by atoms with Crippen LogP contribution >= 0.6 is 11.8 Å². The van der Waals surface area contributed by atoms with Crippen LogP contribution in [0.1, 0.15) is 38.3 Å². The van der Waals surface area contributed by atoms with Crippen LogP contribution < -0.4 is 5.32 Å². The van der Waals surface area contributed by atoms with Crippen molar-refractivity contribution in [3.8, 4) is 0 Å². The molecule has 1 aromatic carbocycles. The molecule has 0 bridgehead atoms. The molecule has 3 nitrogen and oxygen atoms in total. The van der Waals surface area contributed by atoms with Gasteiger partial charge in [0.25, 0.3) is 0 Å². The fourth-order valence-corrected chi connectivity index (χ4v) is 3.02. The number of benzene rings is 1. The number of rotatable bonds is 7. The summed E-state index contributed by atoms with van der Waals surface area (Å²) in [5, 5.41) is 7.78. The maximum absolute atomic E-state index is 4.19. The van der Waals surface area contributed by atoms with Crippen molar-refractivity contribution in [3.63, 3.8) is 0 Å². The molecule has 1 heterocycles. The zero-order valence-corrected chi connectivity index (χ0v) is 13.3. The lowest BCUT2D eigenvalue weighted by molar-refractivity contribution is 0.518. The van der Waals surface area contributed by atoms with E-state index in [0.717, 1.165) is 13.0 Å². The van der Waals surface area contributed by atoms with Gasteiger partial charge in [0.1, 0.15) is 0 Å². The number of hydrogen-bond acceptors (Lipinski definition) is 3. The highest BCUT2D eigenvalue weighted by Crippen LogP contribution is 2.28. The van der Waals surface area contributed by atoms with Crippen LogP contribution in [0, 0.1) is 0 Å². The summed E-state index contributed by atoms with van der Waals surface area (Å²) in [6, 6.07) is 9.32. The number of nitrogens with zero attached hydrogens (tertiary/aromatic N) is 2. The number of nitrogens with one attached hydrogen (secondary N) is 1. The zero-order chi connectivity index (χ0) is 14.4. The highest BCUT2D eigenvalue weighted by atomic mass is 32.2. The second-order valence-electron chi connectivity index (χ2n) is 4.94. The minimum absolute atomic E-state index is 0.465. The Kier molecular flexibility index (Phi) is 5.68. The Labute approximate surface area is 125 Å². The van der Waals surface area contributed by atoms with Crippen molar-refractivity contribution in [2.45, 2.75) is 42.5 Å². The number of hydrogen-bond donors (Lipinski definition) is 1. The van der Waals surface area contributed by atoms with E-state index in [4.69, 9.17) is 0 Å². The van der Waals surface area contributed by atoms with Crippen LogP contribution in [0.5, 0.6) is 0 Å². The maximum Gasteiger partial charge on any atom is 0.0629 e. The highest BCUT2D eigenvalue weighted by molar-refractivity contribution is 7.99. The van der Waals surface area contributed by atoms with Crippen LogP contribution in [-0.2, 0) is 7.05 Å². The van der Waals surface area contributed by atoms with Gasteiger partial charge in [0, 0.05) is 24.2 Å².